The van der Waals surface area contributed by atoms with E-state index in [0.29, 0.717) is 11.4 Å². The van der Waals surface area contributed by atoms with Gasteiger partial charge in [0.15, 0.2) is 0 Å². The number of nitrogens with one attached hydrogen (secondary N) is 1. The molecule has 2 rings (SSSR count). The molecule has 0 fully saturated rings. The van der Waals surface area contributed by atoms with Gasteiger partial charge in [-0.15, -0.1) is 0 Å². The lowest BCUT2D eigenvalue weighted by Gasteiger charge is -2.23. The normalized spacial score (nSPS) is 12.5. The zero-order valence-electron chi connectivity index (χ0n) is 16.6. The summed E-state index contributed by atoms with van der Waals surface area (Å²) in [4.78, 5) is 2.35. The number of sulfonamides is 1. The molecular weight excluding hydrogens is 346 g/mol. The summed E-state index contributed by atoms with van der Waals surface area (Å²) in [6.07, 6.45) is 2.98. The summed E-state index contributed by atoms with van der Waals surface area (Å²) >= 11 is 0. The molecule has 6 heteroatoms. The number of fused-ring (bicyclic) bond motifs is 1. The molecule has 2 aromatic carbocycles. The van der Waals surface area contributed by atoms with Crippen molar-refractivity contribution in [1.82, 2.24) is 4.72 Å². The maximum absolute atomic E-state index is 12.8. The summed E-state index contributed by atoms with van der Waals surface area (Å²) in [6, 6.07) is 11.2. The number of hydrogen-bond donors (Lipinski definition) is 1. The van der Waals surface area contributed by atoms with Gasteiger partial charge >= 0.3 is 0 Å². The Morgan fingerprint density at radius 2 is 1.58 bits per heavy atom. The SMILES string of the molecule is CN(C)c1cccc2c(S(=O)(=O)NCCCCC[N+](C)(C)C)cccc12. The van der Waals surface area contributed by atoms with Gasteiger partial charge in [0.25, 0.3) is 0 Å². The highest BCUT2D eigenvalue weighted by atomic mass is 32.2. The van der Waals surface area contributed by atoms with Crippen LogP contribution in [0.3, 0.4) is 0 Å². The minimum Gasteiger partial charge on any atom is -0.377 e. The average molecular weight is 379 g/mol. The van der Waals surface area contributed by atoms with Gasteiger partial charge in [0.1, 0.15) is 0 Å². The quantitative estimate of drug-likeness (QED) is 0.539. The molecule has 0 aromatic heterocycles. The molecule has 0 bridgehead atoms. The molecule has 0 aliphatic heterocycles. The molecule has 0 saturated carbocycles. The van der Waals surface area contributed by atoms with Crippen LogP contribution >= 0.6 is 0 Å². The van der Waals surface area contributed by atoms with Crippen molar-refractivity contribution in [3.05, 3.63) is 36.4 Å². The summed E-state index contributed by atoms with van der Waals surface area (Å²) in [5.74, 6) is 0. The van der Waals surface area contributed by atoms with E-state index in [1.807, 2.05) is 49.3 Å². The number of anilines is 1. The molecule has 0 radical (unpaired) electrons. The fourth-order valence-electron chi connectivity index (χ4n) is 3.06. The van der Waals surface area contributed by atoms with Gasteiger partial charge in [0, 0.05) is 37.1 Å². The minimum atomic E-state index is -3.52. The van der Waals surface area contributed by atoms with Crippen molar-refractivity contribution in [2.75, 3.05) is 53.2 Å². The van der Waals surface area contributed by atoms with Crippen molar-refractivity contribution >= 4 is 26.5 Å². The zero-order chi connectivity index (χ0) is 19.4. The Bertz CT molecular complexity index is 840. The third-order valence-electron chi connectivity index (χ3n) is 4.43. The standard InChI is InChI=1S/C20H32N3O2S/c1-22(2)19-13-9-12-18-17(19)11-10-14-20(18)26(24,25)21-15-7-6-8-16-23(3,4)5/h9-14,21H,6-8,15-16H2,1-5H3/q+1. The van der Waals surface area contributed by atoms with Crippen LogP contribution in [0.25, 0.3) is 10.8 Å². The van der Waals surface area contributed by atoms with Crippen LogP contribution in [0, 0.1) is 0 Å². The second-order valence-electron chi connectivity index (χ2n) is 8.00. The van der Waals surface area contributed by atoms with E-state index in [2.05, 4.69) is 25.9 Å². The van der Waals surface area contributed by atoms with Crippen LogP contribution in [0.5, 0.6) is 0 Å². The Morgan fingerprint density at radius 1 is 0.923 bits per heavy atom. The van der Waals surface area contributed by atoms with E-state index in [0.717, 1.165) is 46.8 Å². The Hall–Kier alpha value is -1.63. The van der Waals surface area contributed by atoms with Crippen molar-refractivity contribution in [3.63, 3.8) is 0 Å². The van der Waals surface area contributed by atoms with E-state index < -0.39 is 10.0 Å². The van der Waals surface area contributed by atoms with Gasteiger partial charge in [0.2, 0.25) is 10.0 Å². The average Bonchev–Trinajstić information content (AvgIpc) is 2.55. The van der Waals surface area contributed by atoms with Gasteiger partial charge in [-0.3, -0.25) is 0 Å². The highest BCUT2D eigenvalue weighted by molar-refractivity contribution is 7.89. The molecule has 1 N–H and O–H groups in total. The number of rotatable bonds is 9. The van der Waals surface area contributed by atoms with Crippen LogP contribution in [0.2, 0.25) is 0 Å². The van der Waals surface area contributed by atoms with E-state index in [4.69, 9.17) is 0 Å². The Balaban J connectivity index is 2.09. The van der Waals surface area contributed by atoms with Gasteiger partial charge in [-0.05, 0) is 31.4 Å². The van der Waals surface area contributed by atoms with Crippen LogP contribution in [0.1, 0.15) is 19.3 Å². The molecule has 0 heterocycles. The van der Waals surface area contributed by atoms with Crippen molar-refractivity contribution in [1.29, 1.82) is 0 Å². The van der Waals surface area contributed by atoms with E-state index >= 15 is 0 Å². The van der Waals surface area contributed by atoms with Gasteiger partial charge in [0.05, 0.1) is 32.6 Å². The van der Waals surface area contributed by atoms with Crippen LogP contribution in [-0.2, 0) is 10.0 Å². The smallest absolute Gasteiger partial charge is 0.241 e. The first-order valence-electron chi connectivity index (χ1n) is 9.11. The van der Waals surface area contributed by atoms with Crippen molar-refractivity contribution < 1.29 is 12.9 Å². The lowest BCUT2D eigenvalue weighted by molar-refractivity contribution is -0.870. The molecule has 2 aromatic rings. The van der Waals surface area contributed by atoms with Crippen LogP contribution in [0.15, 0.2) is 41.3 Å². The Labute approximate surface area is 158 Å². The molecule has 0 aliphatic rings. The monoisotopic (exact) mass is 378 g/mol. The van der Waals surface area contributed by atoms with Gasteiger partial charge in [-0.25, -0.2) is 13.1 Å². The molecular formula is C20H32N3O2S+. The predicted molar refractivity (Wildman–Crippen MR) is 110 cm³/mol. The van der Waals surface area contributed by atoms with Crippen molar-refractivity contribution in [2.45, 2.75) is 24.2 Å². The molecule has 0 amide bonds. The molecule has 0 unspecified atom stereocenters. The summed E-state index contributed by atoms with van der Waals surface area (Å²) in [6.45, 7) is 1.58. The molecule has 0 saturated heterocycles. The molecule has 0 spiro atoms. The maximum atomic E-state index is 12.8. The first kappa shape index (κ1) is 20.7. The fourth-order valence-corrected chi connectivity index (χ4v) is 4.35. The number of benzene rings is 2. The maximum Gasteiger partial charge on any atom is 0.241 e. The van der Waals surface area contributed by atoms with Crippen LogP contribution in [0.4, 0.5) is 5.69 Å². The first-order valence-corrected chi connectivity index (χ1v) is 10.6. The fraction of sp³-hybridized carbons (Fsp3) is 0.500. The van der Waals surface area contributed by atoms with Crippen molar-refractivity contribution in [2.24, 2.45) is 0 Å². The topological polar surface area (TPSA) is 49.4 Å². The van der Waals surface area contributed by atoms with E-state index in [1.165, 1.54) is 0 Å². The molecule has 0 atom stereocenters. The van der Waals surface area contributed by atoms with Gasteiger partial charge in [-0.2, -0.15) is 0 Å². The van der Waals surface area contributed by atoms with Gasteiger partial charge in [-0.1, -0.05) is 24.3 Å². The summed E-state index contributed by atoms with van der Waals surface area (Å²) in [5, 5.41) is 1.71. The number of unbranched alkanes of at least 4 members (excludes halogenated alkanes) is 2. The number of nitrogens with zero attached hydrogens (tertiary/aromatic N) is 2. The lowest BCUT2D eigenvalue weighted by atomic mass is 10.1. The van der Waals surface area contributed by atoms with Crippen molar-refractivity contribution in [3.8, 4) is 0 Å². The second-order valence-corrected chi connectivity index (χ2v) is 9.73. The summed E-state index contributed by atoms with van der Waals surface area (Å²) < 4.78 is 29.3. The zero-order valence-corrected chi connectivity index (χ0v) is 17.4. The summed E-state index contributed by atoms with van der Waals surface area (Å²) in [5.41, 5.74) is 1.01. The number of quaternary nitrogens is 1. The van der Waals surface area contributed by atoms with Crippen LogP contribution in [-0.4, -0.2) is 61.2 Å². The summed E-state index contributed by atoms with van der Waals surface area (Å²) in [7, 11) is 6.92. The highest BCUT2D eigenvalue weighted by Crippen LogP contribution is 2.30. The second kappa shape index (κ2) is 8.37. The Kier molecular flexibility index (Phi) is 6.66. The Morgan fingerprint density at radius 3 is 2.23 bits per heavy atom. The predicted octanol–water partition coefficient (Wildman–Crippen LogP) is 3.06. The molecule has 0 aliphatic carbocycles. The minimum absolute atomic E-state index is 0.352. The van der Waals surface area contributed by atoms with Crippen LogP contribution < -0.4 is 9.62 Å². The molecule has 5 nitrogen and oxygen atoms in total. The third-order valence-corrected chi connectivity index (χ3v) is 5.95. The van der Waals surface area contributed by atoms with E-state index in [1.54, 1.807) is 6.07 Å². The van der Waals surface area contributed by atoms with E-state index in [9.17, 15) is 8.42 Å². The number of hydrogen-bond acceptors (Lipinski definition) is 3. The van der Waals surface area contributed by atoms with Gasteiger partial charge < -0.3 is 9.38 Å². The van der Waals surface area contributed by atoms with E-state index in [-0.39, 0.29) is 0 Å². The molecule has 26 heavy (non-hydrogen) atoms. The highest BCUT2D eigenvalue weighted by Gasteiger charge is 2.18. The molecule has 144 valence electrons. The first-order chi connectivity index (χ1) is 12.1. The third kappa shape index (κ3) is 5.43. The lowest BCUT2D eigenvalue weighted by Crippen LogP contribution is -2.35. The largest absolute Gasteiger partial charge is 0.377 e.